The van der Waals surface area contributed by atoms with Gasteiger partial charge in [0.05, 0.1) is 42.0 Å². The number of amides is 1. The molecule has 8 nitrogen and oxygen atoms in total. The summed E-state index contributed by atoms with van der Waals surface area (Å²) in [5.74, 6) is 3.33. The van der Waals surface area contributed by atoms with Gasteiger partial charge in [0.1, 0.15) is 11.6 Å². The van der Waals surface area contributed by atoms with E-state index in [-0.39, 0.29) is 23.3 Å². The molecule has 3 aliphatic heterocycles. The van der Waals surface area contributed by atoms with Crippen LogP contribution in [0, 0.1) is 23.2 Å². The van der Waals surface area contributed by atoms with Crippen LogP contribution in [0.3, 0.4) is 0 Å². The molecular weight excluding hydrogens is 633 g/mol. The predicted molar refractivity (Wildman–Crippen MR) is 201 cm³/mol. The number of hydrogen-bond acceptors (Lipinski definition) is 5. The lowest BCUT2D eigenvalue weighted by molar-refractivity contribution is -0.138. The van der Waals surface area contributed by atoms with E-state index in [9.17, 15) is 4.79 Å². The number of carbonyl (C=O) groups is 1. The van der Waals surface area contributed by atoms with E-state index in [1.165, 1.54) is 65.7 Å². The van der Waals surface area contributed by atoms with Crippen LogP contribution in [0.4, 0.5) is 0 Å². The fourth-order valence-corrected chi connectivity index (χ4v) is 9.97. The van der Waals surface area contributed by atoms with Crippen molar-refractivity contribution in [2.24, 2.45) is 23.2 Å². The number of likely N-dealkylation sites (tertiary alicyclic amines) is 1. The molecule has 2 aromatic heterocycles. The van der Waals surface area contributed by atoms with E-state index in [0.29, 0.717) is 18.0 Å². The average molecular weight is 687 g/mol. The number of ether oxygens (including phenoxy) is 1. The lowest BCUT2D eigenvalue weighted by Gasteiger charge is -2.33. The van der Waals surface area contributed by atoms with E-state index < -0.39 is 0 Å². The molecule has 4 aromatic rings. The smallest absolute Gasteiger partial charge is 0.226 e. The molecule has 1 spiro atoms. The molecule has 8 heteroatoms. The first-order valence-corrected chi connectivity index (χ1v) is 19.9. The molecule has 2 aromatic carbocycles. The Morgan fingerprint density at radius 3 is 2.57 bits per heavy atom. The third-order valence-corrected chi connectivity index (χ3v) is 13.2. The van der Waals surface area contributed by atoms with Crippen LogP contribution < -0.4 is 5.32 Å². The fourth-order valence-electron chi connectivity index (χ4n) is 9.97. The van der Waals surface area contributed by atoms with Gasteiger partial charge in [0, 0.05) is 36.1 Å². The van der Waals surface area contributed by atoms with Gasteiger partial charge in [-0.25, -0.2) is 9.97 Å². The Kier molecular flexibility index (Phi) is 8.66. The maximum Gasteiger partial charge on any atom is 0.226 e. The summed E-state index contributed by atoms with van der Waals surface area (Å²) in [5.41, 5.74) is 9.74. The van der Waals surface area contributed by atoms with Crippen molar-refractivity contribution < 1.29 is 9.53 Å². The first-order valence-electron chi connectivity index (χ1n) is 19.9. The van der Waals surface area contributed by atoms with Gasteiger partial charge >= 0.3 is 0 Å². The minimum Gasteiger partial charge on any atom is -0.381 e. The number of imidazole rings is 2. The third kappa shape index (κ3) is 6.16. The fraction of sp³-hybridized carbons (Fsp3) is 0.558. The first-order chi connectivity index (χ1) is 24.8. The maximum atomic E-state index is 13.8. The van der Waals surface area contributed by atoms with Crippen LogP contribution in [0.2, 0.25) is 0 Å². The molecule has 51 heavy (non-hydrogen) atoms. The van der Waals surface area contributed by atoms with E-state index in [2.05, 4.69) is 83.4 Å². The molecule has 3 N–H and O–H groups in total. The predicted octanol–water partition coefficient (Wildman–Crippen LogP) is 8.58. The Morgan fingerprint density at radius 1 is 0.941 bits per heavy atom. The topological polar surface area (TPSA) is 98.9 Å². The molecular formula is C43H54N6O2. The van der Waals surface area contributed by atoms with Crippen LogP contribution in [0.25, 0.3) is 33.6 Å². The van der Waals surface area contributed by atoms with Gasteiger partial charge in [-0.05, 0) is 91.9 Å². The zero-order valence-electron chi connectivity index (χ0n) is 30.6. The SMILES string of the molecule is CC(C)[C@H](C)C(=O)N1C[C@]2(CCCOC2)C[C@H]1c1ncc(-c2ccc(-c3ccc4c(c3)CCCc3nc([C@@H]5C[C@@H]6CCCC[C@@H]6N5)[nH]c3-4)cc2)[nH]1. The second-order valence-corrected chi connectivity index (χ2v) is 16.9. The highest BCUT2D eigenvalue weighted by Crippen LogP contribution is 2.48. The zero-order valence-corrected chi connectivity index (χ0v) is 30.6. The molecule has 9 rings (SSSR count). The number of aromatic nitrogens is 4. The summed E-state index contributed by atoms with van der Waals surface area (Å²) in [4.78, 5) is 33.4. The Bertz CT molecular complexity index is 1870. The number of rotatable bonds is 6. The molecule has 0 radical (unpaired) electrons. The number of H-pyrrole nitrogens is 2. The second-order valence-electron chi connectivity index (χ2n) is 16.9. The summed E-state index contributed by atoms with van der Waals surface area (Å²) in [6, 6.07) is 16.8. The normalized spacial score (nSPS) is 28.0. The van der Waals surface area contributed by atoms with Gasteiger partial charge in [-0.2, -0.15) is 0 Å². The Hall–Kier alpha value is -3.75. The molecule has 5 heterocycles. The number of nitrogens with zero attached hydrogens (tertiary/aromatic N) is 3. The van der Waals surface area contributed by atoms with Crippen molar-refractivity contribution in [3.8, 4) is 33.6 Å². The molecule has 0 bridgehead atoms. The van der Waals surface area contributed by atoms with Crippen molar-refractivity contribution in [1.29, 1.82) is 0 Å². The lowest BCUT2D eigenvalue weighted by Crippen LogP contribution is -2.40. The van der Waals surface area contributed by atoms with Crippen molar-refractivity contribution in [2.45, 2.75) is 110 Å². The standard InChI is InChI=1S/C43H54N6O2/c1-26(2)27(3)42(50)49-24-43(18-7-19-51-25-43)22-38(49)41-44-23-37(47-41)29-14-12-28(13-15-29)30-16-17-33-31(20-30)9-6-11-35-39(33)48-40(46-35)36-21-32-8-4-5-10-34(32)45-36/h12-17,20,23,26-27,32,34,36,38,45H,4-11,18-19,21-22,24-25H2,1-3H3,(H,44,47)(H,46,48)/t27-,32-,34-,36-,38-,43-/m0/s1. The minimum absolute atomic E-state index is 0.0187. The molecule has 6 atom stereocenters. The Morgan fingerprint density at radius 2 is 1.76 bits per heavy atom. The molecule has 5 aliphatic rings. The summed E-state index contributed by atoms with van der Waals surface area (Å²) in [7, 11) is 0. The first kappa shape index (κ1) is 33.1. The number of hydrogen-bond donors (Lipinski definition) is 3. The Labute approximate surface area is 302 Å². The number of fused-ring (bicyclic) bond motifs is 4. The summed E-state index contributed by atoms with van der Waals surface area (Å²) in [6.45, 7) is 8.63. The average Bonchev–Trinajstić information content (AvgIpc) is 3.95. The number of nitrogens with one attached hydrogen (secondary N) is 3. The van der Waals surface area contributed by atoms with E-state index in [1.807, 2.05) is 6.20 Å². The Balaban J connectivity index is 0.932. The van der Waals surface area contributed by atoms with Gasteiger partial charge in [0.2, 0.25) is 5.91 Å². The maximum absolute atomic E-state index is 13.8. The van der Waals surface area contributed by atoms with Crippen molar-refractivity contribution in [1.82, 2.24) is 30.2 Å². The second kappa shape index (κ2) is 13.3. The van der Waals surface area contributed by atoms with Crippen LogP contribution >= 0.6 is 0 Å². The third-order valence-electron chi connectivity index (χ3n) is 13.2. The van der Waals surface area contributed by atoms with Gasteiger partial charge in [0.15, 0.2) is 0 Å². The number of aryl methyl sites for hydroxylation is 2. The van der Waals surface area contributed by atoms with Crippen LogP contribution in [-0.4, -0.2) is 56.5 Å². The molecule has 0 unspecified atom stereocenters. The van der Waals surface area contributed by atoms with Crippen molar-refractivity contribution in [2.75, 3.05) is 19.8 Å². The highest BCUT2D eigenvalue weighted by Gasteiger charge is 2.49. The molecule has 3 saturated heterocycles. The van der Waals surface area contributed by atoms with Gasteiger partial charge in [-0.15, -0.1) is 0 Å². The highest BCUT2D eigenvalue weighted by atomic mass is 16.5. The van der Waals surface area contributed by atoms with Crippen LogP contribution in [0.1, 0.15) is 114 Å². The number of benzene rings is 2. The number of carbonyl (C=O) groups excluding carboxylic acids is 1. The van der Waals surface area contributed by atoms with Gasteiger partial charge in [0.25, 0.3) is 0 Å². The van der Waals surface area contributed by atoms with E-state index in [0.717, 1.165) is 87.1 Å². The number of aromatic amines is 2. The quantitative estimate of drug-likeness (QED) is 0.189. The van der Waals surface area contributed by atoms with Gasteiger partial charge in [-0.1, -0.05) is 76.1 Å². The highest BCUT2D eigenvalue weighted by molar-refractivity contribution is 5.80. The lowest BCUT2D eigenvalue weighted by atomic mass is 9.80. The van der Waals surface area contributed by atoms with Gasteiger partial charge in [-0.3, -0.25) is 4.79 Å². The van der Waals surface area contributed by atoms with Crippen molar-refractivity contribution >= 4 is 5.91 Å². The summed E-state index contributed by atoms with van der Waals surface area (Å²) in [5, 5.41) is 3.93. The van der Waals surface area contributed by atoms with Crippen LogP contribution in [0.5, 0.6) is 0 Å². The molecule has 1 saturated carbocycles. The largest absolute Gasteiger partial charge is 0.381 e. The molecule has 268 valence electrons. The van der Waals surface area contributed by atoms with E-state index >= 15 is 0 Å². The van der Waals surface area contributed by atoms with Crippen molar-refractivity contribution in [3.63, 3.8) is 0 Å². The van der Waals surface area contributed by atoms with Gasteiger partial charge < -0.3 is 24.9 Å². The van der Waals surface area contributed by atoms with E-state index in [1.54, 1.807) is 0 Å². The van der Waals surface area contributed by atoms with E-state index in [4.69, 9.17) is 14.7 Å². The summed E-state index contributed by atoms with van der Waals surface area (Å²) in [6.07, 6.45) is 14.8. The summed E-state index contributed by atoms with van der Waals surface area (Å²) >= 11 is 0. The summed E-state index contributed by atoms with van der Waals surface area (Å²) < 4.78 is 5.96. The monoisotopic (exact) mass is 686 g/mol. The van der Waals surface area contributed by atoms with Crippen molar-refractivity contribution in [3.05, 3.63) is 71.6 Å². The van der Waals surface area contributed by atoms with Crippen LogP contribution in [-0.2, 0) is 22.4 Å². The molecule has 4 fully saturated rings. The zero-order chi connectivity index (χ0) is 34.7. The molecule has 2 aliphatic carbocycles. The van der Waals surface area contributed by atoms with Crippen LogP contribution in [0.15, 0.2) is 48.7 Å². The molecule has 1 amide bonds. The minimum atomic E-state index is -0.0573.